The minimum atomic E-state index is 0.719. The van der Waals surface area contributed by atoms with Gasteiger partial charge in [-0.2, -0.15) is 0 Å². The summed E-state index contributed by atoms with van der Waals surface area (Å²) in [4.78, 5) is 8.57. The molecule has 3 rings (SSSR count). The standard InChI is InChI=1S/C9H8N6S2/c1-5-3-16-7-6(5)10-4-11-8(7)17-9-12-13-14-15(9)2/h3-4H,1-2H3. The molecule has 0 aromatic carbocycles. The van der Waals surface area contributed by atoms with E-state index in [1.54, 1.807) is 29.4 Å². The molecule has 0 amide bonds. The Bertz CT molecular complexity index is 673. The second-order valence-corrected chi connectivity index (χ2v) is 5.30. The molecule has 0 aliphatic rings. The molecule has 0 fully saturated rings. The van der Waals surface area contributed by atoms with Gasteiger partial charge in [0, 0.05) is 7.05 Å². The lowest BCUT2D eigenvalue weighted by molar-refractivity contribution is 0.664. The molecule has 0 aliphatic heterocycles. The maximum atomic E-state index is 4.29. The van der Waals surface area contributed by atoms with E-state index in [2.05, 4.69) is 30.9 Å². The smallest absolute Gasteiger partial charge is 0.215 e. The summed E-state index contributed by atoms with van der Waals surface area (Å²) in [5.41, 5.74) is 2.17. The fourth-order valence-electron chi connectivity index (χ4n) is 1.41. The second-order valence-electron chi connectivity index (χ2n) is 3.46. The Morgan fingerprint density at radius 2 is 2.24 bits per heavy atom. The van der Waals surface area contributed by atoms with Gasteiger partial charge in [0.15, 0.2) is 0 Å². The lowest BCUT2D eigenvalue weighted by atomic mass is 10.3. The molecule has 0 aliphatic carbocycles. The lowest BCUT2D eigenvalue weighted by Crippen LogP contribution is -1.93. The molecule has 0 saturated heterocycles. The number of nitrogens with zero attached hydrogens (tertiary/aromatic N) is 6. The van der Waals surface area contributed by atoms with Crippen LogP contribution < -0.4 is 0 Å². The van der Waals surface area contributed by atoms with Crippen molar-refractivity contribution in [1.82, 2.24) is 30.2 Å². The number of rotatable bonds is 2. The van der Waals surface area contributed by atoms with Crippen LogP contribution in [0.2, 0.25) is 0 Å². The molecule has 0 radical (unpaired) electrons. The van der Waals surface area contributed by atoms with Crippen LogP contribution in [0.3, 0.4) is 0 Å². The molecule has 3 aromatic heterocycles. The maximum Gasteiger partial charge on any atom is 0.215 e. The van der Waals surface area contributed by atoms with Gasteiger partial charge in [-0.25, -0.2) is 14.6 Å². The van der Waals surface area contributed by atoms with Crippen molar-refractivity contribution in [3.63, 3.8) is 0 Å². The Labute approximate surface area is 105 Å². The van der Waals surface area contributed by atoms with Crippen LogP contribution in [0.1, 0.15) is 5.56 Å². The zero-order chi connectivity index (χ0) is 11.8. The van der Waals surface area contributed by atoms with Gasteiger partial charge in [-0.3, -0.25) is 0 Å². The van der Waals surface area contributed by atoms with Gasteiger partial charge in [-0.05, 0) is 40.1 Å². The highest BCUT2D eigenvalue weighted by Crippen LogP contribution is 2.33. The topological polar surface area (TPSA) is 69.4 Å². The van der Waals surface area contributed by atoms with E-state index in [1.807, 2.05) is 6.92 Å². The van der Waals surface area contributed by atoms with Crippen molar-refractivity contribution < 1.29 is 0 Å². The van der Waals surface area contributed by atoms with Crippen LogP contribution in [0.4, 0.5) is 0 Å². The van der Waals surface area contributed by atoms with E-state index in [-0.39, 0.29) is 0 Å². The van der Waals surface area contributed by atoms with Crippen LogP contribution in [0.5, 0.6) is 0 Å². The lowest BCUT2D eigenvalue weighted by Gasteiger charge is -1.99. The van der Waals surface area contributed by atoms with Crippen molar-refractivity contribution in [2.24, 2.45) is 7.05 Å². The predicted molar refractivity (Wildman–Crippen MR) is 65.1 cm³/mol. The van der Waals surface area contributed by atoms with Crippen molar-refractivity contribution in [2.45, 2.75) is 17.1 Å². The molecule has 6 nitrogen and oxygen atoms in total. The zero-order valence-corrected chi connectivity index (χ0v) is 10.8. The van der Waals surface area contributed by atoms with Crippen LogP contribution in [-0.4, -0.2) is 30.2 Å². The van der Waals surface area contributed by atoms with Crippen molar-refractivity contribution in [1.29, 1.82) is 0 Å². The van der Waals surface area contributed by atoms with Crippen molar-refractivity contribution in [3.8, 4) is 0 Å². The third-order valence-corrected chi connectivity index (χ3v) is 4.52. The van der Waals surface area contributed by atoms with Gasteiger partial charge in [0.25, 0.3) is 0 Å². The van der Waals surface area contributed by atoms with E-state index >= 15 is 0 Å². The van der Waals surface area contributed by atoms with Gasteiger partial charge >= 0.3 is 0 Å². The average Bonchev–Trinajstić information content (AvgIpc) is 2.89. The van der Waals surface area contributed by atoms with E-state index in [0.717, 1.165) is 20.4 Å². The molecule has 3 aromatic rings. The molecule has 8 heteroatoms. The largest absolute Gasteiger partial charge is 0.235 e. The molecule has 17 heavy (non-hydrogen) atoms. The monoisotopic (exact) mass is 264 g/mol. The first-order valence-corrected chi connectivity index (χ1v) is 6.54. The molecule has 3 heterocycles. The van der Waals surface area contributed by atoms with Crippen LogP contribution in [0.15, 0.2) is 21.9 Å². The van der Waals surface area contributed by atoms with Crippen LogP contribution in [0, 0.1) is 6.92 Å². The summed E-state index contributed by atoms with van der Waals surface area (Å²) in [6.07, 6.45) is 1.58. The van der Waals surface area contributed by atoms with Gasteiger partial charge in [-0.1, -0.05) is 0 Å². The van der Waals surface area contributed by atoms with Crippen LogP contribution in [-0.2, 0) is 7.05 Å². The molecule has 0 bridgehead atoms. The number of hydrogen-bond acceptors (Lipinski definition) is 7. The number of hydrogen-bond donors (Lipinski definition) is 0. The normalized spacial score (nSPS) is 11.2. The molecule has 0 N–H and O–H groups in total. The molecule has 0 atom stereocenters. The first kappa shape index (κ1) is 10.6. The predicted octanol–water partition coefficient (Wildman–Crippen LogP) is 1.67. The van der Waals surface area contributed by atoms with Gasteiger partial charge in [0.05, 0.1) is 10.2 Å². The van der Waals surface area contributed by atoms with Crippen molar-refractivity contribution in [2.75, 3.05) is 0 Å². The van der Waals surface area contributed by atoms with E-state index in [1.165, 1.54) is 17.3 Å². The number of tetrazole rings is 1. The first-order valence-electron chi connectivity index (χ1n) is 4.84. The Hall–Kier alpha value is -1.54. The third-order valence-electron chi connectivity index (χ3n) is 2.27. The maximum absolute atomic E-state index is 4.29. The summed E-state index contributed by atoms with van der Waals surface area (Å²) in [7, 11) is 1.81. The minimum absolute atomic E-state index is 0.719. The molecule has 0 saturated carbocycles. The molecule has 86 valence electrons. The van der Waals surface area contributed by atoms with Gasteiger partial charge in [0.2, 0.25) is 5.16 Å². The Morgan fingerprint density at radius 3 is 3.00 bits per heavy atom. The highest BCUT2D eigenvalue weighted by Gasteiger charge is 2.12. The second kappa shape index (κ2) is 4.04. The summed E-state index contributed by atoms with van der Waals surface area (Å²) in [6, 6.07) is 0. The molecular weight excluding hydrogens is 256 g/mol. The SMILES string of the molecule is Cc1csc2c(Sc3nnnn3C)ncnc12. The van der Waals surface area contributed by atoms with Gasteiger partial charge < -0.3 is 0 Å². The summed E-state index contributed by atoms with van der Waals surface area (Å²) in [5.74, 6) is 0. The summed E-state index contributed by atoms with van der Waals surface area (Å²) in [6.45, 7) is 2.05. The van der Waals surface area contributed by atoms with E-state index < -0.39 is 0 Å². The number of aryl methyl sites for hydroxylation is 2. The van der Waals surface area contributed by atoms with E-state index in [0.29, 0.717) is 0 Å². The van der Waals surface area contributed by atoms with Crippen molar-refractivity contribution >= 4 is 33.3 Å². The molecular formula is C9H8N6S2. The van der Waals surface area contributed by atoms with Crippen molar-refractivity contribution in [3.05, 3.63) is 17.3 Å². The van der Waals surface area contributed by atoms with E-state index in [4.69, 9.17) is 0 Å². The first-order chi connectivity index (χ1) is 8.25. The summed E-state index contributed by atoms with van der Waals surface area (Å²) >= 11 is 3.09. The van der Waals surface area contributed by atoms with Crippen LogP contribution in [0.25, 0.3) is 10.2 Å². The fraction of sp³-hybridized carbons (Fsp3) is 0.222. The summed E-state index contributed by atoms with van der Waals surface area (Å²) in [5, 5.41) is 15.0. The average molecular weight is 264 g/mol. The molecule has 0 spiro atoms. The highest BCUT2D eigenvalue weighted by molar-refractivity contribution is 7.99. The fourth-order valence-corrected chi connectivity index (χ4v) is 3.28. The quantitative estimate of drug-likeness (QED) is 0.656. The third kappa shape index (κ3) is 1.79. The Kier molecular flexibility index (Phi) is 2.52. The summed E-state index contributed by atoms with van der Waals surface area (Å²) < 4.78 is 2.71. The Balaban J connectivity index is 2.09. The van der Waals surface area contributed by atoms with E-state index in [9.17, 15) is 0 Å². The molecule has 0 unspecified atom stereocenters. The zero-order valence-electron chi connectivity index (χ0n) is 9.15. The minimum Gasteiger partial charge on any atom is -0.235 e. The van der Waals surface area contributed by atoms with Crippen LogP contribution >= 0.6 is 23.1 Å². The number of aromatic nitrogens is 6. The van der Waals surface area contributed by atoms with Gasteiger partial charge in [-0.15, -0.1) is 16.4 Å². The van der Waals surface area contributed by atoms with Gasteiger partial charge in [0.1, 0.15) is 11.4 Å². The Morgan fingerprint density at radius 1 is 1.35 bits per heavy atom. The number of fused-ring (bicyclic) bond motifs is 1. The number of thiophene rings is 1. The highest BCUT2D eigenvalue weighted by atomic mass is 32.2.